The van der Waals surface area contributed by atoms with Crippen molar-refractivity contribution >= 4 is 5.97 Å². The summed E-state index contributed by atoms with van der Waals surface area (Å²) in [5.41, 5.74) is 0. The number of carboxylic acid groups (broad SMARTS) is 1. The first-order chi connectivity index (χ1) is 7.50. The van der Waals surface area contributed by atoms with Gasteiger partial charge >= 0.3 is 0 Å². The predicted molar refractivity (Wildman–Crippen MR) is 54.6 cm³/mol. The maximum atomic E-state index is 10.4. The molecular weight excluding hydrogens is 176 g/mol. The van der Waals surface area contributed by atoms with Gasteiger partial charge in [0.05, 0.1) is 0 Å². The first-order valence-corrected chi connectivity index (χ1v) is 5.70. The maximum absolute atomic E-state index is 10.4. The minimum atomic E-state index is -1.26. The number of hydrogen-bond acceptors (Lipinski definition) is 2. The van der Waals surface area contributed by atoms with E-state index in [1.54, 1.807) is 0 Å². The lowest BCUT2D eigenvalue weighted by Gasteiger charge is -2.01. The Morgan fingerprint density at radius 1 is 1.36 bits per heavy atom. The van der Waals surface area contributed by atoms with Gasteiger partial charge in [0, 0.05) is 8.71 Å². The Balaban J connectivity index is 2.16. The zero-order valence-electron chi connectivity index (χ0n) is 10.9. The number of unbranched alkanes of at least 4 members (excludes halogenated alkanes) is 4. The summed E-state index contributed by atoms with van der Waals surface area (Å²) in [6, 6.07) is 0. The van der Waals surface area contributed by atoms with Crippen LogP contribution in [0.1, 0.15) is 61.0 Å². The van der Waals surface area contributed by atoms with Crippen molar-refractivity contribution in [3.63, 3.8) is 0 Å². The number of carboxylic acids is 1. The molecule has 0 spiro atoms. The van der Waals surface area contributed by atoms with E-state index in [1.807, 2.05) is 0 Å². The van der Waals surface area contributed by atoms with E-state index >= 15 is 0 Å². The monoisotopic (exact) mass is 199 g/mol. The molecule has 0 amide bonds. The van der Waals surface area contributed by atoms with Gasteiger partial charge in [-0.05, 0) is 24.6 Å². The first-order valence-electron chi connectivity index (χ1n) is 6.70. The van der Waals surface area contributed by atoms with Crippen LogP contribution in [0.15, 0.2) is 0 Å². The maximum Gasteiger partial charge on any atom is 0.0417 e. The zero-order chi connectivity index (χ0) is 12.2. The van der Waals surface area contributed by atoms with Gasteiger partial charge in [0.2, 0.25) is 0 Å². The second-order valence-corrected chi connectivity index (χ2v) is 4.16. The number of carbonyl (C=O) groups is 1. The van der Waals surface area contributed by atoms with Crippen LogP contribution in [0.2, 0.25) is 0 Å². The standard InChI is InChI=1S/C12H22O2/c1-2-3-4-5-6-7-10-8-11(10)9-12(13)14/h10-11H,2-9H2,1H3,(H,13,14)/p-1/i8D2. The summed E-state index contributed by atoms with van der Waals surface area (Å²) in [5.74, 6) is -1.47. The van der Waals surface area contributed by atoms with Crippen molar-refractivity contribution in [2.75, 3.05) is 0 Å². The predicted octanol–water partition coefficient (Wildman–Crippen LogP) is 2.12. The first kappa shape index (κ1) is 8.75. The van der Waals surface area contributed by atoms with E-state index in [0.29, 0.717) is 0 Å². The molecule has 2 atom stereocenters. The quantitative estimate of drug-likeness (QED) is 0.562. The highest BCUT2D eigenvalue weighted by Gasteiger charge is 2.35. The van der Waals surface area contributed by atoms with Gasteiger partial charge in [0.25, 0.3) is 0 Å². The molecule has 0 radical (unpaired) electrons. The second-order valence-electron chi connectivity index (χ2n) is 4.16. The molecule has 1 saturated carbocycles. The van der Waals surface area contributed by atoms with E-state index in [0.717, 1.165) is 19.3 Å². The fraction of sp³-hybridized carbons (Fsp3) is 0.917. The summed E-state index contributed by atoms with van der Waals surface area (Å²) in [6.45, 7) is 2.16. The topological polar surface area (TPSA) is 40.1 Å². The van der Waals surface area contributed by atoms with Gasteiger partial charge in [-0.25, -0.2) is 0 Å². The minimum absolute atomic E-state index is 0.0490. The molecule has 2 heteroatoms. The Morgan fingerprint density at radius 3 is 2.71 bits per heavy atom. The highest BCUT2D eigenvalue weighted by Crippen LogP contribution is 2.44. The number of aliphatic carboxylic acids is 1. The lowest BCUT2D eigenvalue weighted by atomic mass is 10.1. The van der Waals surface area contributed by atoms with Gasteiger partial charge in [-0.15, -0.1) is 0 Å². The van der Waals surface area contributed by atoms with Crippen LogP contribution in [0, 0.1) is 11.8 Å². The van der Waals surface area contributed by atoms with Gasteiger partial charge in [-0.1, -0.05) is 45.4 Å². The molecular formula is C12H21O2-. The highest BCUT2D eigenvalue weighted by molar-refractivity contribution is 5.65. The Kier molecular flexibility index (Phi) is 3.78. The lowest BCUT2D eigenvalue weighted by molar-refractivity contribution is -0.306. The molecule has 0 N–H and O–H groups in total. The van der Waals surface area contributed by atoms with Gasteiger partial charge in [-0.2, -0.15) is 0 Å². The lowest BCUT2D eigenvalue weighted by Crippen LogP contribution is -2.22. The molecule has 82 valence electrons. The van der Waals surface area contributed by atoms with Gasteiger partial charge in [-0.3, -0.25) is 0 Å². The fourth-order valence-corrected chi connectivity index (χ4v) is 1.85. The minimum Gasteiger partial charge on any atom is -0.550 e. The van der Waals surface area contributed by atoms with E-state index in [2.05, 4.69) is 6.92 Å². The van der Waals surface area contributed by atoms with E-state index < -0.39 is 12.3 Å². The van der Waals surface area contributed by atoms with Crippen molar-refractivity contribution < 1.29 is 12.6 Å². The van der Waals surface area contributed by atoms with Crippen molar-refractivity contribution in [2.24, 2.45) is 11.8 Å². The molecule has 0 aromatic carbocycles. The number of rotatable bonds is 8. The summed E-state index contributed by atoms with van der Waals surface area (Å²) in [7, 11) is 0. The normalized spacial score (nSPS) is 30.6. The van der Waals surface area contributed by atoms with Gasteiger partial charge in [0.1, 0.15) is 0 Å². The van der Waals surface area contributed by atoms with Crippen LogP contribution in [0.25, 0.3) is 0 Å². The third kappa shape index (κ3) is 4.64. The summed E-state index contributed by atoms with van der Waals surface area (Å²) >= 11 is 0. The molecule has 0 aliphatic heterocycles. The summed E-state index contributed by atoms with van der Waals surface area (Å²) in [4.78, 5) is 10.4. The molecule has 1 fully saturated rings. The third-order valence-electron chi connectivity index (χ3n) is 2.81. The Bertz CT molecular complexity index is 241. The number of hydrogen-bond donors (Lipinski definition) is 0. The molecule has 1 aliphatic rings. The Labute approximate surface area is 89.5 Å². The van der Waals surface area contributed by atoms with Crippen LogP contribution in [-0.2, 0) is 4.79 Å². The molecule has 14 heavy (non-hydrogen) atoms. The molecule has 0 heterocycles. The zero-order valence-corrected chi connectivity index (χ0v) is 8.92. The molecule has 0 aromatic rings. The van der Waals surface area contributed by atoms with Crippen molar-refractivity contribution in [3.05, 3.63) is 0 Å². The smallest absolute Gasteiger partial charge is 0.0417 e. The average Bonchev–Trinajstić information content (AvgIpc) is 2.68. The van der Waals surface area contributed by atoms with Crippen LogP contribution >= 0.6 is 0 Å². The van der Waals surface area contributed by atoms with Crippen molar-refractivity contribution in [1.82, 2.24) is 0 Å². The largest absolute Gasteiger partial charge is 0.550 e. The van der Waals surface area contributed by atoms with Crippen LogP contribution in [-0.4, -0.2) is 5.97 Å². The van der Waals surface area contributed by atoms with Crippen LogP contribution in [0.3, 0.4) is 0 Å². The average molecular weight is 199 g/mol. The van der Waals surface area contributed by atoms with E-state index in [9.17, 15) is 9.90 Å². The van der Waals surface area contributed by atoms with Crippen LogP contribution in [0.4, 0.5) is 0 Å². The van der Waals surface area contributed by atoms with Crippen LogP contribution in [0.5, 0.6) is 0 Å². The highest BCUT2D eigenvalue weighted by atomic mass is 16.4. The van der Waals surface area contributed by atoms with E-state index in [-0.39, 0.29) is 18.3 Å². The number of carbonyl (C=O) groups excluding carboxylic acids is 1. The van der Waals surface area contributed by atoms with Gasteiger partial charge < -0.3 is 9.90 Å². The Hall–Kier alpha value is -0.530. The molecule has 2 unspecified atom stereocenters. The second kappa shape index (κ2) is 6.05. The van der Waals surface area contributed by atoms with Crippen molar-refractivity contribution in [2.45, 2.75) is 58.2 Å². The molecule has 0 bridgehead atoms. The summed E-state index contributed by atoms with van der Waals surface area (Å²) in [6.07, 6.45) is 5.26. The van der Waals surface area contributed by atoms with E-state index in [1.165, 1.54) is 19.3 Å². The van der Waals surface area contributed by atoms with Crippen molar-refractivity contribution in [1.29, 1.82) is 0 Å². The van der Waals surface area contributed by atoms with Crippen molar-refractivity contribution in [3.8, 4) is 0 Å². The molecule has 0 saturated heterocycles. The molecule has 2 nitrogen and oxygen atoms in total. The molecule has 0 aromatic heterocycles. The fourth-order valence-electron chi connectivity index (χ4n) is 1.85. The molecule has 1 aliphatic carbocycles. The van der Waals surface area contributed by atoms with Crippen LogP contribution < -0.4 is 5.11 Å². The summed E-state index contributed by atoms with van der Waals surface area (Å²) < 4.78 is 15.3. The summed E-state index contributed by atoms with van der Waals surface area (Å²) in [5, 5.41) is 10.4. The van der Waals surface area contributed by atoms with Gasteiger partial charge in [0.15, 0.2) is 0 Å². The third-order valence-corrected chi connectivity index (χ3v) is 2.81. The Morgan fingerprint density at radius 2 is 2.07 bits per heavy atom. The van der Waals surface area contributed by atoms with E-state index in [4.69, 9.17) is 2.74 Å². The molecule has 1 rings (SSSR count). The SMILES string of the molecule is [2H]C1([2H])C(CCCCCCC)C1CC(=O)[O-].